The van der Waals surface area contributed by atoms with Crippen LogP contribution in [0.2, 0.25) is 0 Å². The molecular weight excluding hydrogens is 358 g/mol. The van der Waals surface area contributed by atoms with Gasteiger partial charge in [-0.3, -0.25) is 19.4 Å². The Bertz CT molecular complexity index is 974. The van der Waals surface area contributed by atoms with E-state index in [9.17, 15) is 9.59 Å². The molecule has 0 fully saturated rings. The summed E-state index contributed by atoms with van der Waals surface area (Å²) in [5.41, 5.74) is 2.49. The first kappa shape index (κ1) is 17.7. The predicted octanol–water partition coefficient (Wildman–Crippen LogP) is 2.15. The Balaban J connectivity index is 1.70. The molecule has 1 amide bonds. The number of thiophene rings is 1. The number of carbonyl (C=O) groups is 1. The molecule has 25 heavy (non-hydrogen) atoms. The average Bonchev–Trinajstić information content (AvgIpc) is 3.13. The lowest BCUT2D eigenvalue weighted by atomic mass is 10.3. The number of aryl methyl sites for hydroxylation is 2. The summed E-state index contributed by atoms with van der Waals surface area (Å²) in [6.07, 6.45) is 0. The topological polar surface area (TPSA) is 82.2 Å². The molecular formula is C16H19N5O2S2. The highest BCUT2D eigenvalue weighted by Crippen LogP contribution is 2.20. The van der Waals surface area contributed by atoms with Crippen LogP contribution in [0.25, 0.3) is 10.2 Å². The van der Waals surface area contributed by atoms with E-state index in [0.717, 1.165) is 16.8 Å². The zero-order valence-corrected chi connectivity index (χ0v) is 16.1. The highest BCUT2D eigenvalue weighted by Gasteiger charge is 2.17. The molecule has 9 heteroatoms. The number of hydrogen-bond acceptors (Lipinski definition) is 7. The van der Waals surface area contributed by atoms with Gasteiger partial charge in [0.25, 0.3) is 5.56 Å². The number of aromatic nitrogens is 3. The van der Waals surface area contributed by atoms with Crippen molar-refractivity contribution in [3.8, 4) is 0 Å². The number of carbonyl (C=O) groups excluding carboxylic acids is 1. The van der Waals surface area contributed by atoms with Crippen LogP contribution in [0.1, 0.15) is 17.1 Å². The molecule has 3 aromatic heterocycles. The van der Waals surface area contributed by atoms with Gasteiger partial charge in [-0.15, -0.1) is 22.7 Å². The lowest BCUT2D eigenvalue weighted by Crippen LogP contribution is -2.36. The minimum atomic E-state index is -0.131. The highest BCUT2D eigenvalue weighted by molar-refractivity contribution is 7.17. The van der Waals surface area contributed by atoms with Crippen LogP contribution in [-0.2, 0) is 11.3 Å². The molecule has 0 aliphatic heterocycles. The van der Waals surface area contributed by atoms with Gasteiger partial charge in [0.1, 0.15) is 10.5 Å². The van der Waals surface area contributed by atoms with Gasteiger partial charge in [-0.25, -0.2) is 9.97 Å². The number of likely N-dealkylation sites (N-methyl/N-ethyl adjacent to an activating group) is 2. The van der Waals surface area contributed by atoms with Crippen molar-refractivity contribution in [1.82, 2.24) is 19.9 Å². The summed E-state index contributed by atoms with van der Waals surface area (Å²) in [5.74, 6) is 0.494. The van der Waals surface area contributed by atoms with Gasteiger partial charge in [-0.2, -0.15) is 0 Å². The zero-order valence-electron chi connectivity index (χ0n) is 14.5. The van der Waals surface area contributed by atoms with Gasteiger partial charge >= 0.3 is 0 Å². The third kappa shape index (κ3) is 3.78. The van der Waals surface area contributed by atoms with E-state index in [4.69, 9.17) is 0 Å². The number of H-pyrrole nitrogens is 1. The molecule has 0 unspecified atom stereocenters. The van der Waals surface area contributed by atoms with Crippen molar-refractivity contribution in [2.45, 2.75) is 20.4 Å². The summed E-state index contributed by atoms with van der Waals surface area (Å²) in [6.45, 7) is 4.43. The maximum atomic E-state index is 12.4. The van der Waals surface area contributed by atoms with E-state index in [1.165, 1.54) is 22.7 Å². The predicted molar refractivity (Wildman–Crippen MR) is 102 cm³/mol. The molecule has 0 aliphatic rings. The number of fused-ring (bicyclic) bond motifs is 1. The first-order valence-electron chi connectivity index (χ1n) is 7.69. The maximum Gasteiger partial charge on any atom is 0.268 e. The molecule has 7 nitrogen and oxygen atoms in total. The minimum Gasteiger partial charge on any atom is -0.308 e. The smallest absolute Gasteiger partial charge is 0.268 e. The normalized spacial score (nSPS) is 11.4. The Hall–Kier alpha value is -2.10. The second kappa shape index (κ2) is 7.03. The Morgan fingerprint density at radius 3 is 2.64 bits per heavy atom. The van der Waals surface area contributed by atoms with Crippen LogP contribution in [-0.4, -0.2) is 46.4 Å². The first-order valence-corrected chi connectivity index (χ1v) is 9.45. The first-order chi connectivity index (χ1) is 11.8. The number of hydrogen-bond donors (Lipinski definition) is 1. The molecule has 1 N–H and O–H groups in total. The van der Waals surface area contributed by atoms with Gasteiger partial charge < -0.3 is 4.98 Å². The largest absolute Gasteiger partial charge is 0.308 e. The van der Waals surface area contributed by atoms with E-state index >= 15 is 0 Å². The summed E-state index contributed by atoms with van der Waals surface area (Å²) in [5, 5.41) is 4.52. The van der Waals surface area contributed by atoms with Gasteiger partial charge in [0.05, 0.1) is 24.3 Å². The highest BCUT2D eigenvalue weighted by atomic mass is 32.1. The SMILES string of the molecule is Cc1csc(N(C)C(=O)CN(C)Cc2nc3c(C)csc3c(=O)[nH]2)n1. The van der Waals surface area contributed by atoms with Crippen molar-refractivity contribution in [2.75, 3.05) is 25.5 Å². The maximum absolute atomic E-state index is 12.4. The van der Waals surface area contributed by atoms with Crippen LogP contribution >= 0.6 is 22.7 Å². The molecule has 132 valence electrons. The van der Waals surface area contributed by atoms with E-state index < -0.39 is 0 Å². The molecule has 0 aromatic carbocycles. The van der Waals surface area contributed by atoms with Gasteiger partial charge in [-0.05, 0) is 31.8 Å². The summed E-state index contributed by atoms with van der Waals surface area (Å²) >= 11 is 2.84. The number of thiazole rings is 1. The summed E-state index contributed by atoms with van der Waals surface area (Å²) in [4.78, 5) is 39.6. The Morgan fingerprint density at radius 2 is 1.96 bits per heavy atom. The molecule has 3 rings (SSSR count). The second-order valence-electron chi connectivity index (χ2n) is 6.01. The van der Waals surface area contributed by atoms with Crippen LogP contribution < -0.4 is 10.5 Å². The monoisotopic (exact) mass is 377 g/mol. The third-order valence-corrected chi connectivity index (χ3v) is 5.87. The Labute approximate surface area is 153 Å². The van der Waals surface area contributed by atoms with Crippen molar-refractivity contribution in [3.05, 3.63) is 38.2 Å². The number of aromatic amines is 1. The molecule has 0 saturated carbocycles. The summed E-state index contributed by atoms with van der Waals surface area (Å²) in [6, 6.07) is 0. The molecule has 3 heterocycles. The number of anilines is 1. The number of nitrogens with zero attached hydrogens (tertiary/aromatic N) is 4. The molecule has 0 spiro atoms. The summed E-state index contributed by atoms with van der Waals surface area (Å²) < 4.78 is 0.638. The fourth-order valence-electron chi connectivity index (χ4n) is 2.41. The quantitative estimate of drug-likeness (QED) is 0.737. The van der Waals surface area contributed by atoms with Crippen molar-refractivity contribution in [2.24, 2.45) is 0 Å². The van der Waals surface area contributed by atoms with Crippen molar-refractivity contribution in [3.63, 3.8) is 0 Å². The van der Waals surface area contributed by atoms with E-state index in [1.807, 2.05) is 36.6 Å². The third-order valence-electron chi connectivity index (χ3n) is 3.75. The van der Waals surface area contributed by atoms with Gasteiger partial charge in [0, 0.05) is 12.4 Å². The van der Waals surface area contributed by atoms with Crippen LogP contribution in [0.4, 0.5) is 5.13 Å². The van der Waals surface area contributed by atoms with E-state index in [2.05, 4.69) is 15.0 Å². The lowest BCUT2D eigenvalue weighted by molar-refractivity contribution is -0.119. The number of rotatable bonds is 5. The fraction of sp³-hybridized carbons (Fsp3) is 0.375. The number of nitrogens with one attached hydrogen (secondary N) is 1. The van der Waals surface area contributed by atoms with Crippen molar-refractivity contribution >= 4 is 43.9 Å². The van der Waals surface area contributed by atoms with Crippen LogP contribution in [0.15, 0.2) is 15.6 Å². The number of amides is 1. The fourth-order valence-corrected chi connectivity index (χ4v) is 4.08. The Kier molecular flexibility index (Phi) is 4.98. The zero-order chi connectivity index (χ0) is 18.1. The van der Waals surface area contributed by atoms with Gasteiger partial charge in [-0.1, -0.05) is 0 Å². The molecule has 0 aliphatic carbocycles. The average molecular weight is 377 g/mol. The molecule has 0 bridgehead atoms. The van der Waals surface area contributed by atoms with Crippen molar-refractivity contribution in [1.29, 1.82) is 0 Å². The summed E-state index contributed by atoms with van der Waals surface area (Å²) in [7, 11) is 3.54. The van der Waals surface area contributed by atoms with Crippen molar-refractivity contribution < 1.29 is 4.79 Å². The standard InChI is InChI=1S/C16H19N5O2S2/c1-9-7-24-14-13(9)18-11(19-15(14)23)5-20(3)6-12(22)21(4)16-17-10(2)8-25-16/h7-8H,5-6H2,1-4H3,(H,18,19,23). The molecule has 0 radical (unpaired) electrons. The second-order valence-corrected chi connectivity index (χ2v) is 7.72. The van der Waals surface area contributed by atoms with Crippen LogP contribution in [0.5, 0.6) is 0 Å². The molecule has 0 atom stereocenters. The molecule has 3 aromatic rings. The lowest BCUT2D eigenvalue weighted by Gasteiger charge is -2.19. The van der Waals surface area contributed by atoms with Gasteiger partial charge in [0.2, 0.25) is 5.91 Å². The Morgan fingerprint density at radius 1 is 1.20 bits per heavy atom. The van der Waals surface area contributed by atoms with Gasteiger partial charge in [0.15, 0.2) is 5.13 Å². The molecule has 0 saturated heterocycles. The van der Waals surface area contributed by atoms with E-state index in [1.54, 1.807) is 11.9 Å². The minimum absolute atomic E-state index is 0.0630. The van der Waals surface area contributed by atoms with Crippen LogP contribution in [0, 0.1) is 13.8 Å². The van der Waals surface area contributed by atoms with E-state index in [0.29, 0.717) is 22.2 Å². The van der Waals surface area contributed by atoms with Crippen LogP contribution in [0.3, 0.4) is 0 Å². The van der Waals surface area contributed by atoms with E-state index in [-0.39, 0.29) is 18.0 Å².